The SMILES string of the molecule is CCCC(C)(N)C(=O)NC(C)c1ccc2c(c1)OC(CC)C(=O)N2. The second kappa shape index (κ2) is 7.21. The highest BCUT2D eigenvalue weighted by Crippen LogP contribution is 2.33. The van der Waals surface area contributed by atoms with Crippen LogP contribution >= 0.6 is 0 Å². The van der Waals surface area contributed by atoms with Gasteiger partial charge in [0.1, 0.15) is 5.75 Å². The van der Waals surface area contributed by atoms with E-state index in [1.807, 2.05) is 32.9 Å². The molecule has 3 unspecified atom stereocenters. The van der Waals surface area contributed by atoms with E-state index in [-0.39, 0.29) is 17.9 Å². The number of ether oxygens (including phenoxy) is 1. The van der Waals surface area contributed by atoms with Crippen LogP contribution in [0.5, 0.6) is 5.75 Å². The molecule has 4 N–H and O–H groups in total. The van der Waals surface area contributed by atoms with Crippen molar-refractivity contribution in [3.05, 3.63) is 23.8 Å². The summed E-state index contributed by atoms with van der Waals surface area (Å²) in [7, 11) is 0. The predicted molar refractivity (Wildman–Crippen MR) is 93.8 cm³/mol. The first-order valence-electron chi connectivity index (χ1n) is 8.49. The molecule has 0 aromatic heterocycles. The molecule has 0 fully saturated rings. The minimum absolute atomic E-state index is 0.127. The number of amides is 2. The molecule has 0 saturated carbocycles. The molecule has 0 spiro atoms. The second-order valence-electron chi connectivity index (χ2n) is 6.62. The maximum absolute atomic E-state index is 12.3. The zero-order valence-electron chi connectivity index (χ0n) is 14.8. The zero-order chi connectivity index (χ0) is 17.9. The number of carbonyl (C=O) groups excluding carboxylic acids is 2. The molecule has 0 saturated heterocycles. The first-order valence-corrected chi connectivity index (χ1v) is 8.49. The number of anilines is 1. The molecule has 24 heavy (non-hydrogen) atoms. The number of rotatable bonds is 6. The van der Waals surface area contributed by atoms with Gasteiger partial charge in [-0.05, 0) is 44.4 Å². The molecule has 2 rings (SSSR count). The van der Waals surface area contributed by atoms with Gasteiger partial charge in [-0.3, -0.25) is 9.59 Å². The number of fused-ring (bicyclic) bond motifs is 1. The lowest BCUT2D eigenvalue weighted by Gasteiger charge is -2.28. The van der Waals surface area contributed by atoms with Crippen LogP contribution in [0.1, 0.15) is 58.6 Å². The molecule has 3 atom stereocenters. The lowest BCUT2D eigenvalue weighted by atomic mass is 9.95. The Balaban J connectivity index is 2.13. The van der Waals surface area contributed by atoms with Crippen LogP contribution in [0, 0.1) is 0 Å². The molecule has 6 heteroatoms. The topological polar surface area (TPSA) is 93.5 Å². The van der Waals surface area contributed by atoms with Crippen molar-refractivity contribution in [3.63, 3.8) is 0 Å². The largest absolute Gasteiger partial charge is 0.478 e. The number of benzene rings is 1. The van der Waals surface area contributed by atoms with Gasteiger partial charge in [0.15, 0.2) is 6.10 Å². The first-order chi connectivity index (χ1) is 11.3. The summed E-state index contributed by atoms with van der Waals surface area (Å²) in [5.74, 6) is 0.330. The zero-order valence-corrected chi connectivity index (χ0v) is 14.8. The summed E-state index contributed by atoms with van der Waals surface area (Å²) in [6, 6.07) is 5.32. The van der Waals surface area contributed by atoms with Crippen LogP contribution in [0.4, 0.5) is 5.69 Å². The van der Waals surface area contributed by atoms with Gasteiger partial charge in [0.25, 0.3) is 5.91 Å². The highest BCUT2D eigenvalue weighted by Gasteiger charge is 2.29. The standard InChI is InChI=1S/C18H27N3O3/c1-5-9-18(4,19)17(23)20-11(3)12-7-8-13-15(10-12)24-14(6-2)16(22)21-13/h7-8,10-11,14H,5-6,9,19H2,1-4H3,(H,20,23)(H,21,22). The summed E-state index contributed by atoms with van der Waals surface area (Å²) in [4.78, 5) is 24.2. The molecule has 0 aliphatic carbocycles. The van der Waals surface area contributed by atoms with Crippen molar-refractivity contribution < 1.29 is 14.3 Å². The van der Waals surface area contributed by atoms with Crippen molar-refractivity contribution in [3.8, 4) is 5.75 Å². The normalized spacial score (nSPS) is 20.2. The fraction of sp³-hybridized carbons (Fsp3) is 0.556. The third-order valence-corrected chi connectivity index (χ3v) is 4.33. The second-order valence-corrected chi connectivity index (χ2v) is 6.62. The molecule has 1 aliphatic heterocycles. The minimum Gasteiger partial charge on any atom is -0.478 e. The van der Waals surface area contributed by atoms with E-state index in [1.165, 1.54) is 0 Å². The van der Waals surface area contributed by atoms with Crippen LogP contribution in [0.2, 0.25) is 0 Å². The first kappa shape index (κ1) is 18.3. The van der Waals surface area contributed by atoms with Crippen LogP contribution in [-0.4, -0.2) is 23.5 Å². The summed E-state index contributed by atoms with van der Waals surface area (Å²) < 4.78 is 5.75. The lowest BCUT2D eigenvalue weighted by molar-refractivity contribution is -0.126. The summed E-state index contributed by atoms with van der Waals surface area (Å²) in [6.45, 7) is 7.55. The lowest BCUT2D eigenvalue weighted by Crippen LogP contribution is -2.52. The van der Waals surface area contributed by atoms with E-state index >= 15 is 0 Å². The molecule has 132 valence electrons. The number of hydrogen-bond acceptors (Lipinski definition) is 4. The van der Waals surface area contributed by atoms with Crippen LogP contribution in [0.25, 0.3) is 0 Å². The molecule has 0 bridgehead atoms. The van der Waals surface area contributed by atoms with Gasteiger partial charge < -0.3 is 21.1 Å². The van der Waals surface area contributed by atoms with Crippen molar-refractivity contribution in [2.75, 3.05) is 5.32 Å². The van der Waals surface area contributed by atoms with Crippen molar-refractivity contribution >= 4 is 17.5 Å². The van der Waals surface area contributed by atoms with E-state index < -0.39 is 11.6 Å². The third kappa shape index (κ3) is 3.87. The Bertz CT molecular complexity index is 628. The van der Waals surface area contributed by atoms with Gasteiger partial charge in [-0.1, -0.05) is 26.3 Å². The molecule has 2 amide bonds. The van der Waals surface area contributed by atoms with E-state index in [0.717, 1.165) is 12.0 Å². The fourth-order valence-electron chi connectivity index (χ4n) is 2.78. The Morgan fingerprint density at radius 3 is 2.79 bits per heavy atom. The smallest absolute Gasteiger partial charge is 0.265 e. The van der Waals surface area contributed by atoms with Crippen LogP contribution in [-0.2, 0) is 9.59 Å². The van der Waals surface area contributed by atoms with E-state index in [2.05, 4.69) is 10.6 Å². The van der Waals surface area contributed by atoms with Gasteiger partial charge in [-0.15, -0.1) is 0 Å². The van der Waals surface area contributed by atoms with Gasteiger partial charge in [0.2, 0.25) is 5.91 Å². The van der Waals surface area contributed by atoms with Gasteiger partial charge in [0.05, 0.1) is 17.3 Å². The van der Waals surface area contributed by atoms with Gasteiger partial charge in [0, 0.05) is 0 Å². The molecule has 1 aromatic carbocycles. The van der Waals surface area contributed by atoms with Crippen molar-refractivity contribution in [2.45, 2.75) is 64.6 Å². The Morgan fingerprint density at radius 1 is 1.46 bits per heavy atom. The molecule has 6 nitrogen and oxygen atoms in total. The molecule has 1 aliphatic rings. The van der Waals surface area contributed by atoms with Crippen molar-refractivity contribution in [2.24, 2.45) is 5.73 Å². The van der Waals surface area contributed by atoms with E-state index in [0.29, 0.717) is 24.3 Å². The van der Waals surface area contributed by atoms with E-state index in [1.54, 1.807) is 13.0 Å². The molecule has 1 aromatic rings. The quantitative estimate of drug-likeness (QED) is 0.745. The van der Waals surface area contributed by atoms with Crippen LogP contribution in [0.3, 0.4) is 0 Å². The average Bonchev–Trinajstić information content (AvgIpc) is 2.53. The summed E-state index contributed by atoms with van der Waals surface area (Å²) in [5.41, 5.74) is 6.75. The third-order valence-electron chi connectivity index (χ3n) is 4.33. The van der Waals surface area contributed by atoms with Gasteiger partial charge in [-0.25, -0.2) is 0 Å². The maximum Gasteiger partial charge on any atom is 0.265 e. The number of nitrogens with two attached hydrogens (primary N) is 1. The highest BCUT2D eigenvalue weighted by atomic mass is 16.5. The number of hydrogen-bond donors (Lipinski definition) is 3. The Kier molecular flexibility index (Phi) is 5.49. The number of carbonyl (C=O) groups is 2. The maximum atomic E-state index is 12.3. The Morgan fingerprint density at radius 2 is 2.17 bits per heavy atom. The monoisotopic (exact) mass is 333 g/mol. The fourth-order valence-corrected chi connectivity index (χ4v) is 2.78. The van der Waals surface area contributed by atoms with Gasteiger partial charge in [-0.2, -0.15) is 0 Å². The van der Waals surface area contributed by atoms with Crippen molar-refractivity contribution in [1.82, 2.24) is 5.32 Å². The van der Waals surface area contributed by atoms with Gasteiger partial charge >= 0.3 is 0 Å². The predicted octanol–water partition coefficient (Wildman–Crippen LogP) is 2.49. The minimum atomic E-state index is -0.880. The summed E-state index contributed by atoms with van der Waals surface area (Å²) >= 11 is 0. The van der Waals surface area contributed by atoms with Crippen LogP contribution < -0.4 is 21.1 Å². The Labute approximate surface area is 143 Å². The Hall–Kier alpha value is -2.08. The average molecular weight is 333 g/mol. The summed E-state index contributed by atoms with van der Waals surface area (Å²) in [6.07, 6.45) is 1.60. The molecule has 0 radical (unpaired) electrons. The van der Waals surface area contributed by atoms with Crippen molar-refractivity contribution in [1.29, 1.82) is 0 Å². The molecular formula is C18H27N3O3. The van der Waals surface area contributed by atoms with Crippen LogP contribution in [0.15, 0.2) is 18.2 Å². The highest BCUT2D eigenvalue weighted by molar-refractivity contribution is 5.97. The molecule has 1 heterocycles. The summed E-state index contributed by atoms with van der Waals surface area (Å²) in [5, 5.41) is 5.79. The molecular weight excluding hydrogens is 306 g/mol. The van der Waals surface area contributed by atoms with E-state index in [4.69, 9.17) is 10.5 Å². The van der Waals surface area contributed by atoms with E-state index in [9.17, 15) is 9.59 Å². The number of nitrogens with one attached hydrogen (secondary N) is 2.